The Bertz CT molecular complexity index is 320. The monoisotopic (exact) mass is 254 g/mol. The summed E-state index contributed by atoms with van der Waals surface area (Å²) in [6.07, 6.45) is 6.15. The number of amides is 2. The Balaban J connectivity index is 1.74. The van der Waals surface area contributed by atoms with Gasteiger partial charge < -0.3 is 15.3 Å². The van der Waals surface area contributed by atoms with E-state index < -0.39 is 5.97 Å². The highest BCUT2D eigenvalue weighted by atomic mass is 16.4. The third-order valence-electron chi connectivity index (χ3n) is 4.05. The molecule has 0 aromatic heterocycles. The fraction of sp³-hybridized carbons (Fsp3) is 0.846. The van der Waals surface area contributed by atoms with Crippen LogP contribution in [-0.2, 0) is 4.79 Å². The van der Waals surface area contributed by atoms with Gasteiger partial charge in [0.05, 0.1) is 0 Å². The summed E-state index contributed by atoms with van der Waals surface area (Å²) in [5, 5.41) is 11.7. The Morgan fingerprint density at radius 1 is 1.17 bits per heavy atom. The van der Waals surface area contributed by atoms with Crippen LogP contribution < -0.4 is 5.32 Å². The SMILES string of the molecule is CN(C(=O)NC1CC1)C1CCC(CC(=O)O)CC1. The predicted molar refractivity (Wildman–Crippen MR) is 67.3 cm³/mol. The summed E-state index contributed by atoms with van der Waals surface area (Å²) < 4.78 is 0. The third-order valence-corrected chi connectivity index (χ3v) is 4.05. The number of carbonyl (C=O) groups is 2. The molecular weight excluding hydrogens is 232 g/mol. The number of nitrogens with one attached hydrogen (secondary N) is 1. The summed E-state index contributed by atoms with van der Waals surface area (Å²) in [5.41, 5.74) is 0. The van der Waals surface area contributed by atoms with Gasteiger partial charge in [-0.25, -0.2) is 4.79 Å². The molecule has 0 atom stereocenters. The summed E-state index contributed by atoms with van der Waals surface area (Å²) in [6, 6.07) is 0.691. The van der Waals surface area contributed by atoms with Crippen LogP contribution in [0.1, 0.15) is 44.9 Å². The summed E-state index contributed by atoms with van der Waals surface area (Å²) in [4.78, 5) is 24.3. The second kappa shape index (κ2) is 5.59. The Labute approximate surface area is 108 Å². The van der Waals surface area contributed by atoms with E-state index >= 15 is 0 Å². The van der Waals surface area contributed by atoms with Crippen LogP contribution in [0.3, 0.4) is 0 Å². The first-order chi connectivity index (χ1) is 8.56. The smallest absolute Gasteiger partial charge is 0.317 e. The molecule has 2 N–H and O–H groups in total. The van der Waals surface area contributed by atoms with E-state index in [9.17, 15) is 9.59 Å². The van der Waals surface area contributed by atoms with Gasteiger partial charge in [-0.3, -0.25) is 4.79 Å². The topological polar surface area (TPSA) is 69.6 Å². The summed E-state index contributed by atoms with van der Waals surface area (Å²) >= 11 is 0. The second-order valence-corrected chi connectivity index (χ2v) is 5.61. The molecule has 0 aromatic carbocycles. The maximum Gasteiger partial charge on any atom is 0.317 e. The number of carboxylic acids is 1. The molecule has 0 bridgehead atoms. The van der Waals surface area contributed by atoms with Crippen LogP contribution >= 0.6 is 0 Å². The van der Waals surface area contributed by atoms with Crippen LogP contribution in [0.25, 0.3) is 0 Å². The third kappa shape index (κ3) is 3.62. The van der Waals surface area contributed by atoms with Crippen LogP contribution in [-0.4, -0.2) is 41.1 Å². The van der Waals surface area contributed by atoms with Crippen molar-refractivity contribution in [3.63, 3.8) is 0 Å². The molecule has 0 saturated heterocycles. The summed E-state index contributed by atoms with van der Waals surface area (Å²) in [6.45, 7) is 0. The van der Waals surface area contributed by atoms with E-state index in [2.05, 4.69) is 5.32 Å². The number of nitrogens with zero attached hydrogens (tertiary/aromatic N) is 1. The molecule has 18 heavy (non-hydrogen) atoms. The molecule has 2 rings (SSSR count). The minimum atomic E-state index is -0.710. The van der Waals surface area contributed by atoms with Crippen molar-refractivity contribution in [1.82, 2.24) is 10.2 Å². The van der Waals surface area contributed by atoms with Crippen molar-refractivity contribution in [3.8, 4) is 0 Å². The van der Waals surface area contributed by atoms with Gasteiger partial charge in [0.1, 0.15) is 0 Å². The van der Waals surface area contributed by atoms with E-state index in [0.717, 1.165) is 38.5 Å². The number of carbonyl (C=O) groups excluding carboxylic acids is 1. The van der Waals surface area contributed by atoms with Crippen LogP contribution in [0.5, 0.6) is 0 Å². The van der Waals surface area contributed by atoms with Crippen molar-refractivity contribution in [2.75, 3.05) is 7.05 Å². The molecule has 0 aliphatic heterocycles. The van der Waals surface area contributed by atoms with Gasteiger partial charge in [0.25, 0.3) is 0 Å². The minimum absolute atomic E-state index is 0.0270. The molecule has 0 radical (unpaired) electrons. The Morgan fingerprint density at radius 3 is 2.28 bits per heavy atom. The van der Waals surface area contributed by atoms with Crippen LogP contribution in [0, 0.1) is 5.92 Å². The number of urea groups is 1. The zero-order chi connectivity index (χ0) is 13.1. The molecule has 0 aromatic rings. The Hall–Kier alpha value is -1.26. The number of rotatable bonds is 4. The molecule has 5 nitrogen and oxygen atoms in total. The first-order valence-electron chi connectivity index (χ1n) is 6.81. The maximum absolute atomic E-state index is 11.9. The second-order valence-electron chi connectivity index (χ2n) is 5.61. The van der Waals surface area contributed by atoms with E-state index in [1.807, 2.05) is 7.05 Å². The molecule has 102 valence electrons. The van der Waals surface area contributed by atoms with Crippen molar-refractivity contribution in [2.24, 2.45) is 5.92 Å². The molecule has 0 spiro atoms. The van der Waals surface area contributed by atoms with E-state index in [-0.39, 0.29) is 18.5 Å². The van der Waals surface area contributed by atoms with E-state index in [1.165, 1.54) is 0 Å². The fourth-order valence-electron chi connectivity index (χ4n) is 2.65. The molecule has 2 amide bonds. The molecule has 5 heteroatoms. The van der Waals surface area contributed by atoms with Crippen molar-refractivity contribution in [2.45, 2.75) is 57.0 Å². The van der Waals surface area contributed by atoms with Gasteiger partial charge in [-0.05, 0) is 44.4 Å². The van der Waals surface area contributed by atoms with E-state index in [0.29, 0.717) is 12.0 Å². The van der Waals surface area contributed by atoms with Gasteiger partial charge in [0.15, 0.2) is 0 Å². The highest BCUT2D eigenvalue weighted by molar-refractivity contribution is 5.75. The summed E-state index contributed by atoms with van der Waals surface area (Å²) in [5.74, 6) is -0.420. The van der Waals surface area contributed by atoms with Gasteiger partial charge in [-0.15, -0.1) is 0 Å². The fourth-order valence-corrected chi connectivity index (χ4v) is 2.65. The highest BCUT2D eigenvalue weighted by Crippen LogP contribution is 2.29. The van der Waals surface area contributed by atoms with Crippen LogP contribution in [0.2, 0.25) is 0 Å². The maximum atomic E-state index is 11.9. The standard InChI is InChI=1S/C13H22N2O3/c1-15(13(18)14-10-4-5-10)11-6-2-9(3-7-11)8-12(16)17/h9-11H,2-8H2,1H3,(H,14,18)(H,16,17). The molecular formula is C13H22N2O3. The lowest BCUT2D eigenvalue weighted by Crippen LogP contribution is -2.45. The Morgan fingerprint density at radius 2 is 1.78 bits per heavy atom. The van der Waals surface area contributed by atoms with Gasteiger partial charge in [0, 0.05) is 25.6 Å². The molecule has 0 heterocycles. The lowest BCUT2D eigenvalue weighted by atomic mass is 9.84. The van der Waals surface area contributed by atoms with Crippen molar-refractivity contribution >= 4 is 12.0 Å². The largest absolute Gasteiger partial charge is 0.481 e. The number of hydrogen-bond donors (Lipinski definition) is 2. The molecule has 2 saturated carbocycles. The predicted octanol–water partition coefficient (Wildman–Crippen LogP) is 1.82. The first-order valence-corrected chi connectivity index (χ1v) is 6.81. The van der Waals surface area contributed by atoms with Gasteiger partial charge in [0.2, 0.25) is 0 Å². The van der Waals surface area contributed by atoms with E-state index in [4.69, 9.17) is 5.11 Å². The van der Waals surface area contributed by atoms with Crippen molar-refractivity contribution < 1.29 is 14.7 Å². The average molecular weight is 254 g/mol. The van der Waals surface area contributed by atoms with Gasteiger partial charge in [-0.1, -0.05) is 0 Å². The van der Waals surface area contributed by atoms with E-state index in [1.54, 1.807) is 4.90 Å². The number of hydrogen-bond acceptors (Lipinski definition) is 2. The number of aliphatic carboxylic acids is 1. The first kappa shape index (κ1) is 13.2. The van der Waals surface area contributed by atoms with Crippen LogP contribution in [0.15, 0.2) is 0 Å². The van der Waals surface area contributed by atoms with Crippen LogP contribution in [0.4, 0.5) is 4.79 Å². The lowest BCUT2D eigenvalue weighted by Gasteiger charge is -2.34. The van der Waals surface area contributed by atoms with Gasteiger partial charge in [-0.2, -0.15) is 0 Å². The average Bonchev–Trinajstić information content (AvgIpc) is 3.12. The van der Waals surface area contributed by atoms with Crippen molar-refractivity contribution in [1.29, 1.82) is 0 Å². The molecule has 2 fully saturated rings. The molecule has 2 aliphatic rings. The quantitative estimate of drug-likeness (QED) is 0.804. The molecule has 2 aliphatic carbocycles. The Kier molecular flexibility index (Phi) is 4.09. The summed E-state index contributed by atoms with van der Waals surface area (Å²) in [7, 11) is 1.85. The van der Waals surface area contributed by atoms with Gasteiger partial charge >= 0.3 is 12.0 Å². The number of carboxylic acid groups (broad SMARTS) is 1. The zero-order valence-electron chi connectivity index (χ0n) is 10.9. The zero-order valence-corrected chi connectivity index (χ0v) is 10.9. The highest BCUT2D eigenvalue weighted by Gasteiger charge is 2.30. The van der Waals surface area contributed by atoms with Crippen molar-refractivity contribution in [3.05, 3.63) is 0 Å². The molecule has 0 unspecified atom stereocenters. The normalized spacial score (nSPS) is 27.6. The minimum Gasteiger partial charge on any atom is -0.481 e. The lowest BCUT2D eigenvalue weighted by molar-refractivity contribution is -0.138.